The molecule has 4 heteroatoms. The fourth-order valence-corrected chi connectivity index (χ4v) is 3.99. The first kappa shape index (κ1) is 14.2. The van der Waals surface area contributed by atoms with E-state index < -0.39 is 0 Å². The number of hydrogen-bond donors (Lipinski definition) is 2. The molecule has 2 aliphatic rings. The standard InChI is InChI=1S/C14H26N2OS/c1-18-14(7-2-8-14)10-16-13(17)12-5-3-11(9-15)4-6-12/h11-12H,2-10,15H2,1H3,(H,16,17). The second-order valence-corrected chi connectivity index (χ2v) is 7.19. The van der Waals surface area contributed by atoms with Gasteiger partial charge >= 0.3 is 0 Å². The van der Waals surface area contributed by atoms with Gasteiger partial charge in [0, 0.05) is 17.2 Å². The van der Waals surface area contributed by atoms with E-state index in [1.165, 1.54) is 19.3 Å². The van der Waals surface area contributed by atoms with E-state index in [0.717, 1.165) is 38.8 Å². The Morgan fingerprint density at radius 2 is 2.00 bits per heavy atom. The highest BCUT2D eigenvalue weighted by atomic mass is 32.2. The molecule has 3 N–H and O–H groups in total. The molecule has 2 rings (SSSR count). The lowest BCUT2D eigenvalue weighted by atomic mass is 9.81. The van der Waals surface area contributed by atoms with E-state index in [-0.39, 0.29) is 11.8 Å². The Labute approximate surface area is 115 Å². The van der Waals surface area contributed by atoms with Crippen molar-refractivity contribution in [3.63, 3.8) is 0 Å². The van der Waals surface area contributed by atoms with Gasteiger partial charge in [-0.15, -0.1) is 0 Å². The van der Waals surface area contributed by atoms with Crippen LogP contribution in [0.5, 0.6) is 0 Å². The minimum atomic E-state index is 0.242. The first-order chi connectivity index (χ1) is 8.69. The number of amides is 1. The fraction of sp³-hybridized carbons (Fsp3) is 0.929. The summed E-state index contributed by atoms with van der Waals surface area (Å²) in [5.74, 6) is 1.18. The highest BCUT2D eigenvalue weighted by Gasteiger charge is 2.37. The van der Waals surface area contributed by atoms with E-state index in [1.807, 2.05) is 11.8 Å². The molecule has 0 aromatic heterocycles. The van der Waals surface area contributed by atoms with E-state index in [2.05, 4.69) is 11.6 Å². The highest BCUT2D eigenvalue weighted by Crippen LogP contribution is 2.42. The summed E-state index contributed by atoms with van der Waals surface area (Å²) in [6.07, 6.45) is 10.3. The molecule has 0 unspecified atom stereocenters. The van der Waals surface area contributed by atoms with Gasteiger partial charge in [0.1, 0.15) is 0 Å². The van der Waals surface area contributed by atoms with Crippen molar-refractivity contribution in [2.45, 2.75) is 49.7 Å². The van der Waals surface area contributed by atoms with Crippen molar-refractivity contribution in [1.29, 1.82) is 0 Å². The van der Waals surface area contributed by atoms with Crippen LogP contribution in [0, 0.1) is 11.8 Å². The maximum atomic E-state index is 12.1. The van der Waals surface area contributed by atoms with Gasteiger partial charge in [0.15, 0.2) is 0 Å². The largest absolute Gasteiger partial charge is 0.354 e. The van der Waals surface area contributed by atoms with Gasteiger partial charge in [0.05, 0.1) is 0 Å². The van der Waals surface area contributed by atoms with Crippen LogP contribution in [0.15, 0.2) is 0 Å². The molecular weight excluding hydrogens is 244 g/mol. The second kappa shape index (κ2) is 6.29. The van der Waals surface area contributed by atoms with Crippen molar-refractivity contribution >= 4 is 17.7 Å². The summed E-state index contributed by atoms with van der Waals surface area (Å²) in [5, 5.41) is 3.19. The topological polar surface area (TPSA) is 55.1 Å². The minimum absolute atomic E-state index is 0.242. The average molecular weight is 270 g/mol. The van der Waals surface area contributed by atoms with Crippen molar-refractivity contribution in [2.24, 2.45) is 17.6 Å². The number of nitrogens with one attached hydrogen (secondary N) is 1. The summed E-state index contributed by atoms with van der Waals surface area (Å²) in [4.78, 5) is 12.1. The van der Waals surface area contributed by atoms with Gasteiger partial charge in [-0.1, -0.05) is 6.42 Å². The Hall–Kier alpha value is -0.220. The predicted octanol–water partition coefficient (Wildman–Crippen LogP) is 2.15. The van der Waals surface area contributed by atoms with Crippen LogP contribution in [0.3, 0.4) is 0 Å². The van der Waals surface area contributed by atoms with E-state index in [0.29, 0.717) is 10.7 Å². The zero-order valence-corrected chi connectivity index (χ0v) is 12.2. The molecule has 104 valence electrons. The van der Waals surface area contributed by atoms with Crippen LogP contribution in [0.1, 0.15) is 44.9 Å². The third-order valence-electron chi connectivity index (χ3n) is 4.83. The molecule has 2 aliphatic carbocycles. The Balaban J connectivity index is 1.72. The van der Waals surface area contributed by atoms with Gasteiger partial charge in [0.25, 0.3) is 0 Å². The van der Waals surface area contributed by atoms with E-state index in [1.54, 1.807) is 0 Å². The molecule has 0 heterocycles. The summed E-state index contributed by atoms with van der Waals surface area (Å²) < 4.78 is 0.351. The fourth-order valence-electron chi connectivity index (χ4n) is 3.08. The van der Waals surface area contributed by atoms with Gasteiger partial charge in [-0.2, -0.15) is 11.8 Å². The van der Waals surface area contributed by atoms with Crippen LogP contribution >= 0.6 is 11.8 Å². The van der Waals surface area contributed by atoms with Crippen molar-refractivity contribution in [3.05, 3.63) is 0 Å². The van der Waals surface area contributed by atoms with Gasteiger partial charge in [-0.3, -0.25) is 4.79 Å². The molecule has 0 radical (unpaired) electrons. The number of nitrogens with two attached hydrogens (primary N) is 1. The smallest absolute Gasteiger partial charge is 0.223 e. The molecule has 0 aromatic carbocycles. The zero-order chi connectivity index (χ0) is 13.0. The van der Waals surface area contributed by atoms with Crippen LogP contribution < -0.4 is 11.1 Å². The monoisotopic (exact) mass is 270 g/mol. The van der Waals surface area contributed by atoms with E-state index >= 15 is 0 Å². The van der Waals surface area contributed by atoms with Crippen LogP contribution in [0.4, 0.5) is 0 Å². The maximum Gasteiger partial charge on any atom is 0.223 e. The summed E-state index contributed by atoms with van der Waals surface area (Å²) in [6.45, 7) is 1.65. The summed E-state index contributed by atoms with van der Waals surface area (Å²) in [5.41, 5.74) is 5.68. The number of carbonyl (C=O) groups is 1. The van der Waals surface area contributed by atoms with Crippen molar-refractivity contribution in [1.82, 2.24) is 5.32 Å². The van der Waals surface area contributed by atoms with Gasteiger partial charge in [-0.05, 0) is 57.2 Å². The van der Waals surface area contributed by atoms with Crippen LogP contribution in [0.2, 0.25) is 0 Å². The molecule has 0 bridgehead atoms. The lowest BCUT2D eigenvalue weighted by molar-refractivity contribution is -0.126. The SMILES string of the molecule is CSC1(CNC(=O)C2CCC(CN)CC2)CCC1. The molecule has 2 fully saturated rings. The molecule has 0 saturated heterocycles. The molecule has 3 nitrogen and oxygen atoms in total. The second-order valence-electron chi connectivity index (χ2n) is 5.91. The Morgan fingerprint density at radius 1 is 1.33 bits per heavy atom. The van der Waals surface area contributed by atoms with Crippen molar-refractivity contribution in [3.8, 4) is 0 Å². The van der Waals surface area contributed by atoms with Crippen LogP contribution in [-0.2, 0) is 4.79 Å². The Morgan fingerprint density at radius 3 is 2.44 bits per heavy atom. The lowest BCUT2D eigenvalue weighted by Crippen LogP contribution is -2.47. The number of rotatable bonds is 5. The first-order valence-electron chi connectivity index (χ1n) is 7.22. The minimum Gasteiger partial charge on any atom is -0.354 e. The predicted molar refractivity (Wildman–Crippen MR) is 77.6 cm³/mol. The molecule has 2 saturated carbocycles. The molecule has 18 heavy (non-hydrogen) atoms. The van der Waals surface area contributed by atoms with Crippen molar-refractivity contribution in [2.75, 3.05) is 19.3 Å². The number of thioether (sulfide) groups is 1. The van der Waals surface area contributed by atoms with Gasteiger partial charge < -0.3 is 11.1 Å². The number of carbonyl (C=O) groups excluding carboxylic acids is 1. The van der Waals surface area contributed by atoms with Gasteiger partial charge in [-0.25, -0.2) is 0 Å². The Bertz CT molecular complexity index is 278. The third-order valence-corrected chi connectivity index (χ3v) is 6.25. The third kappa shape index (κ3) is 3.21. The quantitative estimate of drug-likeness (QED) is 0.805. The van der Waals surface area contributed by atoms with Crippen LogP contribution in [0.25, 0.3) is 0 Å². The lowest BCUT2D eigenvalue weighted by Gasteiger charge is -2.41. The number of hydrogen-bond acceptors (Lipinski definition) is 3. The average Bonchev–Trinajstić information content (AvgIpc) is 2.38. The van der Waals surface area contributed by atoms with Crippen molar-refractivity contribution < 1.29 is 4.79 Å². The maximum absolute atomic E-state index is 12.1. The molecular formula is C14H26N2OS. The summed E-state index contributed by atoms with van der Waals surface area (Å²) >= 11 is 1.92. The normalized spacial score (nSPS) is 30.6. The highest BCUT2D eigenvalue weighted by molar-refractivity contribution is 8.00. The van der Waals surface area contributed by atoms with E-state index in [4.69, 9.17) is 5.73 Å². The molecule has 0 aromatic rings. The van der Waals surface area contributed by atoms with E-state index in [9.17, 15) is 4.79 Å². The summed E-state index contributed by atoms with van der Waals surface area (Å²) in [7, 11) is 0. The molecule has 1 amide bonds. The Kier molecular flexibility index (Phi) is 4.96. The van der Waals surface area contributed by atoms with Gasteiger partial charge in [0.2, 0.25) is 5.91 Å². The van der Waals surface area contributed by atoms with Crippen LogP contribution in [-0.4, -0.2) is 30.0 Å². The molecule has 0 atom stereocenters. The zero-order valence-electron chi connectivity index (χ0n) is 11.4. The molecule has 0 aliphatic heterocycles. The summed E-state index contributed by atoms with van der Waals surface area (Å²) in [6, 6.07) is 0. The molecule has 0 spiro atoms. The first-order valence-corrected chi connectivity index (χ1v) is 8.44.